The standard InChI is InChI=1S/C23H36N4OS/c1-5-9-12-24-23(29)27(14-13-26(7-3)8-4)17-20-16-19-15-18(6-2)10-11-21(19)25-22(20)28/h10-11,15-16H,5-9,12-14,17H2,1-4H3,(H,24,29)(H,25,28)/p+1. The summed E-state index contributed by atoms with van der Waals surface area (Å²) in [6, 6.07) is 8.26. The predicted molar refractivity (Wildman–Crippen MR) is 127 cm³/mol. The fraction of sp³-hybridized carbons (Fsp3) is 0.565. The summed E-state index contributed by atoms with van der Waals surface area (Å²) in [6.07, 6.45) is 3.20. The van der Waals surface area contributed by atoms with Gasteiger partial charge in [-0.25, -0.2) is 0 Å². The molecule has 0 atom stereocenters. The molecule has 29 heavy (non-hydrogen) atoms. The van der Waals surface area contributed by atoms with Gasteiger partial charge in [0.05, 0.1) is 32.7 Å². The first-order valence-corrected chi connectivity index (χ1v) is 11.4. The molecule has 160 valence electrons. The van der Waals surface area contributed by atoms with Gasteiger partial charge in [-0.05, 0) is 68.1 Å². The SMILES string of the molecule is CCCCNC(=S)N(CC[NH+](CC)CC)Cc1cc2cc(CC)ccc2[nH]c1=O. The largest absolute Gasteiger partial charge is 0.363 e. The van der Waals surface area contributed by atoms with E-state index in [2.05, 4.69) is 55.0 Å². The molecule has 0 aliphatic rings. The van der Waals surface area contributed by atoms with Crippen molar-refractivity contribution in [2.45, 2.75) is 53.5 Å². The molecule has 0 saturated carbocycles. The van der Waals surface area contributed by atoms with Gasteiger partial charge in [-0.1, -0.05) is 26.3 Å². The molecule has 1 heterocycles. The van der Waals surface area contributed by atoms with E-state index in [0.29, 0.717) is 6.54 Å². The van der Waals surface area contributed by atoms with Crippen LogP contribution in [0.4, 0.5) is 0 Å². The number of H-pyrrole nitrogens is 1. The van der Waals surface area contributed by atoms with E-state index in [1.54, 1.807) is 0 Å². The molecule has 6 heteroatoms. The molecule has 0 saturated heterocycles. The quantitative estimate of drug-likeness (QED) is 0.388. The van der Waals surface area contributed by atoms with Gasteiger partial charge in [0.1, 0.15) is 0 Å². The molecule has 0 amide bonds. The molecule has 0 bridgehead atoms. The van der Waals surface area contributed by atoms with Gasteiger partial charge in [-0.15, -0.1) is 0 Å². The third-order valence-corrected chi connectivity index (χ3v) is 5.99. The number of hydrogen-bond acceptors (Lipinski definition) is 2. The number of quaternary nitrogens is 1. The van der Waals surface area contributed by atoms with E-state index in [1.165, 1.54) is 10.5 Å². The fourth-order valence-electron chi connectivity index (χ4n) is 3.48. The number of pyridine rings is 1. The van der Waals surface area contributed by atoms with E-state index < -0.39 is 0 Å². The normalized spacial score (nSPS) is 11.2. The number of likely N-dealkylation sites (N-methyl/N-ethyl adjacent to an activating group) is 1. The van der Waals surface area contributed by atoms with Gasteiger partial charge in [-0.3, -0.25) is 4.79 Å². The highest BCUT2D eigenvalue weighted by molar-refractivity contribution is 7.80. The summed E-state index contributed by atoms with van der Waals surface area (Å²) in [4.78, 5) is 19.4. The monoisotopic (exact) mass is 417 g/mol. The van der Waals surface area contributed by atoms with Gasteiger partial charge in [0.2, 0.25) is 0 Å². The van der Waals surface area contributed by atoms with Crippen molar-refractivity contribution >= 4 is 28.2 Å². The highest BCUT2D eigenvalue weighted by atomic mass is 32.1. The topological polar surface area (TPSA) is 52.6 Å². The Morgan fingerprint density at radius 3 is 2.59 bits per heavy atom. The van der Waals surface area contributed by atoms with E-state index in [9.17, 15) is 4.79 Å². The molecule has 1 aromatic carbocycles. The van der Waals surface area contributed by atoms with Crippen LogP contribution in [0.1, 0.15) is 51.7 Å². The Morgan fingerprint density at radius 1 is 1.17 bits per heavy atom. The molecule has 1 aromatic heterocycles. The van der Waals surface area contributed by atoms with E-state index in [0.717, 1.165) is 73.6 Å². The minimum absolute atomic E-state index is 0.0294. The molecule has 0 unspecified atom stereocenters. The number of unbranched alkanes of at least 4 members (excludes halogenated alkanes) is 1. The molecule has 5 nitrogen and oxygen atoms in total. The van der Waals surface area contributed by atoms with Crippen LogP contribution >= 0.6 is 12.2 Å². The van der Waals surface area contributed by atoms with Crippen LogP contribution in [0.2, 0.25) is 0 Å². The highest BCUT2D eigenvalue weighted by Gasteiger charge is 2.15. The van der Waals surface area contributed by atoms with Crippen molar-refractivity contribution in [3.63, 3.8) is 0 Å². The number of nitrogens with zero attached hydrogens (tertiary/aromatic N) is 1. The van der Waals surface area contributed by atoms with Crippen LogP contribution < -0.4 is 15.8 Å². The van der Waals surface area contributed by atoms with Crippen molar-refractivity contribution in [1.82, 2.24) is 15.2 Å². The third-order valence-electron chi connectivity index (χ3n) is 5.58. The number of nitrogens with one attached hydrogen (secondary N) is 3. The van der Waals surface area contributed by atoms with Gasteiger partial charge in [-0.2, -0.15) is 0 Å². The first-order valence-electron chi connectivity index (χ1n) is 11.0. The lowest BCUT2D eigenvalue weighted by Gasteiger charge is -2.27. The Labute approximate surface area is 180 Å². The Kier molecular flexibility index (Phi) is 9.61. The van der Waals surface area contributed by atoms with Crippen LogP contribution in [-0.4, -0.2) is 47.7 Å². The summed E-state index contributed by atoms with van der Waals surface area (Å²) >= 11 is 5.68. The second kappa shape index (κ2) is 11.9. The highest BCUT2D eigenvalue weighted by Crippen LogP contribution is 2.15. The zero-order valence-electron chi connectivity index (χ0n) is 18.4. The lowest BCUT2D eigenvalue weighted by molar-refractivity contribution is -0.895. The van der Waals surface area contributed by atoms with Crippen LogP contribution in [0.25, 0.3) is 10.9 Å². The van der Waals surface area contributed by atoms with Crippen LogP contribution in [0.3, 0.4) is 0 Å². The van der Waals surface area contributed by atoms with E-state index in [4.69, 9.17) is 12.2 Å². The van der Waals surface area contributed by atoms with Crippen molar-refractivity contribution in [2.75, 3.05) is 32.7 Å². The van der Waals surface area contributed by atoms with Crippen molar-refractivity contribution in [3.05, 3.63) is 45.7 Å². The lowest BCUT2D eigenvalue weighted by atomic mass is 10.1. The molecule has 3 N–H and O–H groups in total. The molecule has 0 fully saturated rings. The van der Waals surface area contributed by atoms with Crippen LogP contribution in [0.15, 0.2) is 29.1 Å². The average molecular weight is 418 g/mol. The second-order valence-corrected chi connectivity index (χ2v) is 8.00. The Bertz CT molecular complexity index is 844. The number of aromatic amines is 1. The summed E-state index contributed by atoms with van der Waals surface area (Å²) in [5.74, 6) is 0. The van der Waals surface area contributed by atoms with E-state index >= 15 is 0 Å². The van der Waals surface area contributed by atoms with Gasteiger partial charge in [0.15, 0.2) is 5.11 Å². The number of fused-ring (bicyclic) bond motifs is 1. The van der Waals surface area contributed by atoms with E-state index in [-0.39, 0.29) is 5.56 Å². The number of aromatic nitrogens is 1. The molecule has 2 rings (SSSR count). The number of rotatable bonds is 11. The molecule has 0 spiro atoms. The number of aryl methyl sites for hydroxylation is 1. The van der Waals surface area contributed by atoms with Crippen molar-refractivity contribution < 1.29 is 4.90 Å². The number of benzene rings is 1. The molecule has 0 radical (unpaired) electrons. The summed E-state index contributed by atoms with van der Waals surface area (Å²) in [5, 5.41) is 5.20. The first kappa shape index (κ1) is 23.4. The number of thiocarbonyl (C=S) groups is 1. The minimum atomic E-state index is -0.0294. The molecule has 0 aliphatic heterocycles. The van der Waals surface area contributed by atoms with Crippen LogP contribution in [-0.2, 0) is 13.0 Å². The lowest BCUT2D eigenvalue weighted by Crippen LogP contribution is -3.12. The van der Waals surface area contributed by atoms with Gasteiger partial charge >= 0.3 is 0 Å². The predicted octanol–water partition coefficient (Wildman–Crippen LogP) is 2.49. The third kappa shape index (κ3) is 6.82. The Hall–Kier alpha value is -1.92. The summed E-state index contributed by atoms with van der Waals surface area (Å²) in [7, 11) is 0. The van der Waals surface area contributed by atoms with Crippen molar-refractivity contribution in [1.29, 1.82) is 0 Å². The maximum Gasteiger partial charge on any atom is 0.253 e. The fourth-order valence-corrected chi connectivity index (χ4v) is 3.74. The Balaban J connectivity index is 2.24. The second-order valence-electron chi connectivity index (χ2n) is 7.61. The summed E-state index contributed by atoms with van der Waals surface area (Å²) in [5.41, 5.74) is 2.89. The summed E-state index contributed by atoms with van der Waals surface area (Å²) in [6.45, 7) is 14.2. The molecule has 0 aliphatic carbocycles. The van der Waals surface area contributed by atoms with Gasteiger partial charge in [0.25, 0.3) is 5.56 Å². The molecular weight excluding hydrogens is 380 g/mol. The molecule has 2 aromatic rings. The summed E-state index contributed by atoms with van der Waals surface area (Å²) < 4.78 is 0. The van der Waals surface area contributed by atoms with Gasteiger partial charge in [0, 0.05) is 17.6 Å². The van der Waals surface area contributed by atoms with Crippen LogP contribution in [0, 0.1) is 0 Å². The maximum atomic E-state index is 12.7. The van der Waals surface area contributed by atoms with E-state index in [1.807, 2.05) is 12.1 Å². The first-order chi connectivity index (χ1) is 14.0. The minimum Gasteiger partial charge on any atom is -0.363 e. The zero-order chi connectivity index (χ0) is 21.2. The van der Waals surface area contributed by atoms with Crippen molar-refractivity contribution in [3.8, 4) is 0 Å². The maximum absolute atomic E-state index is 12.7. The van der Waals surface area contributed by atoms with Crippen molar-refractivity contribution in [2.24, 2.45) is 0 Å². The number of hydrogen-bond donors (Lipinski definition) is 3. The zero-order valence-corrected chi connectivity index (χ0v) is 19.3. The van der Waals surface area contributed by atoms with Crippen LogP contribution in [0.5, 0.6) is 0 Å². The van der Waals surface area contributed by atoms with Gasteiger partial charge < -0.3 is 20.1 Å². The smallest absolute Gasteiger partial charge is 0.253 e. The Morgan fingerprint density at radius 2 is 1.93 bits per heavy atom. The molecular formula is C23H37N4OS+. The average Bonchev–Trinajstić information content (AvgIpc) is 2.73.